The summed E-state index contributed by atoms with van der Waals surface area (Å²) >= 11 is 5.33. The Bertz CT molecular complexity index is 467. The number of aliphatic hydroxyl groups is 1. The number of benzene rings is 1. The molecule has 2 aliphatic heterocycles. The summed E-state index contributed by atoms with van der Waals surface area (Å²) in [7, 11) is 0. The number of aliphatic hydroxyl groups excluding tert-OH is 1. The number of fused-ring (bicyclic) bond motifs is 1. The Kier molecular flexibility index (Phi) is 2.80. The Morgan fingerprint density at radius 3 is 2.72 bits per heavy atom. The Hall–Kier alpha value is -1.46. The lowest BCUT2D eigenvalue weighted by Crippen LogP contribution is -2.34. The van der Waals surface area contributed by atoms with E-state index in [1.54, 1.807) is 4.90 Å². The van der Waals surface area contributed by atoms with E-state index in [2.05, 4.69) is 0 Å². The standard InChI is InChI=1S/C13H14N2O2S/c16-10-6-11-12(17)15(13(18)14(11)8-10)7-9-4-2-1-3-5-9/h1-5,10-11,16H,6-8H2/t10-,11+/m1/s1. The highest BCUT2D eigenvalue weighted by atomic mass is 32.1. The average molecular weight is 262 g/mol. The molecule has 1 N–H and O–H groups in total. The summed E-state index contributed by atoms with van der Waals surface area (Å²) < 4.78 is 0. The Morgan fingerprint density at radius 1 is 1.33 bits per heavy atom. The van der Waals surface area contributed by atoms with Crippen molar-refractivity contribution in [3.05, 3.63) is 35.9 Å². The molecule has 1 aromatic rings. The first-order valence-electron chi connectivity index (χ1n) is 6.01. The largest absolute Gasteiger partial charge is 0.391 e. The van der Waals surface area contributed by atoms with Crippen LogP contribution in [0.15, 0.2) is 30.3 Å². The molecule has 2 aliphatic rings. The molecule has 5 heteroatoms. The molecule has 1 amide bonds. The number of carbonyl (C=O) groups excluding carboxylic acids is 1. The third kappa shape index (κ3) is 1.79. The molecular weight excluding hydrogens is 248 g/mol. The Labute approximate surface area is 111 Å². The van der Waals surface area contributed by atoms with E-state index < -0.39 is 6.10 Å². The van der Waals surface area contributed by atoms with E-state index in [1.807, 2.05) is 35.2 Å². The van der Waals surface area contributed by atoms with E-state index in [-0.39, 0.29) is 11.9 Å². The predicted molar refractivity (Wildman–Crippen MR) is 70.7 cm³/mol. The third-order valence-electron chi connectivity index (χ3n) is 3.49. The lowest BCUT2D eigenvalue weighted by atomic mass is 10.1. The quantitative estimate of drug-likeness (QED) is 0.799. The van der Waals surface area contributed by atoms with Crippen molar-refractivity contribution in [2.45, 2.75) is 25.1 Å². The van der Waals surface area contributed by atoms with Gasteiger partial charge in [-0.25, -0.2) is 0 Å². The average Bonchev–Trinajstić information content (AvgIpc) is 2.85. The molecule has 0 aliphatic carbocycles. The van der Waals surface area contributed by atoms with Crippen molar-refractivity contribution in [3.8, 4) is 0 Å². The molecular formula is C13H14N2O2S. The van der Waals surface area contributed by atoms with Gasteiger partial charge in [-0.1, -0.05) is 30.3 Å². The zero-order valence-corrected chi connectivity index (χ0v) is 10.6. The molecule has 3 rings (SSSR count). The monoisotopic (exact) mass is 262 g/mol. The van der Waals surface area contributed by atoms with Crippen molar-refractivity contribution in [2.75, 3.05) is 6.54 Å². The van der Waals surface area contributed by atoms with Crippen LogP contribution in [-0.2, 0) is 11.3 Å². The Balaban J connectivity index is 1.79. The van der Waals surface area contributed by atoms with E-state index in [9.17, 15) is 9.90 Å². The van der Waals surface area contributed by atoms with Gasteiger partial charge in [-0.05, 0) is 17.8 Å². The highest BCUT2D eigenvalue weighted by Crippen LogP contribution is 2.28. The van der Waals surface area contributed by atoms with Crippen molar-refractivity contribution < 1.29 is 9.90 Å². The van der Waals surface area contributed by atoms with Crippen molar-refractivity contribution in [3.63, 3.8) is 0 Å². The lowest BCUT2D eigenvalue weighted by molar-refractivity contribution is -0.128. The summed E-state index contributed by atoms with van der Waals surface area (Å²) in [4.78, 5) is 15.7. The molecule has 0 unspecified atom stereocenters. The van der Waals surface area contributed by atoms with Gasteiger partial charge in [-0.15, -0.1) is 0 Å². The maximum absolute atomic E-state index is 12.2. The lowest BCUT2D eigenvalue weighted by Gasteiger charge is -2.19. The first-order valence-corrected chi connectivity index (χ1v) is 6.41. The van der Waals surface area contributed by atoms with Gasteiger partial charge in [0, 0.05) is 13.0 Å². The fourth-order valence-electron chi connectivity index (χ4n) is 2.60. The molecule has 2 heterocycles. The van der Waals surface area contributed by atoms with Crippen LogP contribution >= 0.6 is 12.2 Å². The normalized spacial score (nSPS) is 26.9. The minimum absolute atomic E-state index is 0.0143. The van der Waals surface area contributed by atoms with Crippen LogP contribution in [0.25, 0.3) is 0 Å². The molecule has 0 spiro atoms. The fraction of sp³-hybridized carbons (Fsp3) is 0.385. The van der Waals surface area contributed by atoms with Crippen molar-refractivity contribution in [1.29, 1.82) is 0 Å². The van der Waals surface area contributed by atoms with Crippen LogP contribution in [0.5, 0.6) is 0 Å². The summed E-state index contributed by atoms with van der Waals surface area (Å²) in [6, 6.07) is 9.55. The van der Waals surface area contributed by atoms with Gasteiger partial charge in [0.15, 0.2) is 5.11 Å². The minimum atomic E-state index is -0.434. The summed E-state index contributed by atoms with van der Waals surface area (Å²) in [5, 5.41) is 10.1. The van der Waals surface area contributed by atoms with Crippen molar-refractivity contribution in [1.82, 2.24) is 9.80 Å². The molecule has 2 saturated heterocycles. The van der Waals surface area contributed by atoms with Gasteiger partial charge in [0.25, 0.3) is 5.91 Å². The molecule has 94 valence electrons. The van der Waals surface area contributed by atoms with Crippen LogP contribution in [0.4, 0.5) is 0 Å². The summed E-state index contributed by atoms with van der Waals surface area (Å²) in [5.74, 6) is 0.0143. The smallest absolute Gasteiger partial charge is 0.251 e. The number of rotatable bonds is 2. The minimum Gasteiger partial charge on any atom is -0.391 e. The number of carbonyl (C=O) groups is 1. The maximum Gasteiger partial charge on any atom is 0.251 e. The number of amides is 1. The van der Waals surface area contributed by atoms with Crippen LogP contribution < -0.4 is 0 Å². The first-order chi connectivity index (χ1) is 8.66. The van der Waals surface area contributed by atoms with E-state index in [1.165, 1.54) is 0 Å². The summed E-state index contributed by atoms with van der Waals surface area (Å²) in [5.41, 5.74) is 1.06. The van der Waals surface area contributed by atoms with E-state index in [0.29, 0.717) is 24.6 Å². The molecule has 1 aromatic carbocycles. The van der Waals surface area contributed by atoms with Crippen LogP contribution in [0, 0.1) is 0 Å². The van der Waals surface area contributed by atoms with E-state index in [0.717, 1.165) is 5.56 Å². The zero-order valence-electron chi connectivity index (χ0n) is 9.82. The van der Waals surface area contributed by atoms with Gasteiger partial charge < -0.3 is 10.0 Å². The van der Waals surface area contributed by atoms with Crippen LogP contribution in [-0.4, -0.2) is 44.6 Å². The number of hydrogen-bond acceptors (Lipinski definition) is 3. The molecule has 0 bridgehead atoms. The first kappa shape index (κ1) is 11.6. The molecule has 4 nitrogen and oxygen atoms in total. The second kappa shape index (κ2) is 4.33. The molecule has 0 saturated carbocycles. The van der Waals surface area contributed by atoms with Crippen LogP contribution in [0.2, 0.25) is 0 Å². The van der Waals surface area contributed by atoms with Crippen LogP contribution in [0.3, 0.4) is 0 Å². The summed E-state index contributed by atoms with van der Waals surface area (Å²) in [6.45, 7) is 0.988. The fourth-order valence-corrected chi connectivity index (χ4v) is 2.96. The van der Waals surface area contributed by atoms with E-state index in [4.69, 9.17) is 12.2 Å². The van der Waals surface area contributed by atoms with Gasteiger partial charge >= 0.3 is 0 Å². The molecule has 0 radical (unpaired) electrons. The number of nitrogens with zero attached hydrogens (tertiary/aromatic N) is 2. The predicted octanol–water partition coefficient (Wildman–Crippen LogP) is 0.749. The topological polar surface area (TPSA) is 43.8 Å². The molecule has 2 fully saturated rings. The van der Waals surface area contributed by atoms with Gasteiger partial charge in [0.1, 0.15) is 6.04 Å². The second-order valence-electron chi connectivity index (χ2n) is 4.75. The van der Waals surface area contributed by atoms with Crippen molar-refractivity contribution in [2.24, 2.45) is 0 Å². The van der Waals surface area contributed by atoms with Crippen molar-refractivity contribution >= 4 is 23.2 Å². The zero-order chi connectivity index (χ0) is 12.7. The summed E-state index contributed by atoms with van der Waals surface area (Å²) in [6.07, 6.45) is 0.0559. The third-order valence-corrected chi connectivity index (χ3v) is 3.95. The second-order valence-corrected chi connectivity index (χ2v) is 5.12. The Morgan fingerprint density at radius 2 is 2.06 bits per heavy atom. The number of thiocarbonyl (C=S) groups is 1. The van der Waals surface area contributed by atoms with Gasteiger partial charge in [-0.2, -0.15) is 0 Å². The SMILES string of the molecule is O=C1[C@@H]2C[C@@H](O)CN2C(=S)N1Cc1ccccc1. The van der Waals surface area contributed by atoms with E-state index >= 15 is 0 Å². The molecule has 2 atom stereocenters. The van der Waals surface area contributed by atoms with Gasteiger partial charge in [0.05, 0.1) is 12.6 Å². The van der Waals surface area contributed by atoms with Crippen LogP contribution in [0.1, 0.15) is 12.0 Å². The molecule has 0 aromatic heterocycles. The van der Waals surface area contributed by atoms with Gasteiger partial charge in [-0.3, -0.25) is 9.69 Å². The number of hydrogen-bond donors (Lipinski definition) is 1. The van der Waals surface area contributed by atoms with Gasteiger partial charge in [0.2, 0.25) is 0 Å². The highest BCUT2D eigenvalue weighted by Gasteiger charge is 2.47. The molecule has 18 heavy (non-hydrogen) atoms. The highest BCUT2D eigenvalue weighted by molar-refractivity contribution is 7.80. The maximum atomic E-state index is 12.2.